The van der Waals surface area contributed by atoms with Gasteiger partial charge in [-0.2, -0.15) is 0 Å². The molecular formula is C17H11F4NO3. The summed E-state index contributed by atoms with van der Waals surface area (Å²) >= 11 is 0. The lowest BCUT2D eigenvalue weighted by molar-refractivity contribution is -0.274. The molecule has 1 heterocycles. The first-order chi connectivity index (χ1) is 11.7. The molecule has 2 aromatic carbocycles. The fraction of sp³-hybridized carbons (Fsp3) is 0.176. The van der Waals surface area contributed by atoms with Crippen LogP contribution in [-0.4, -0.2) is 18.1 Å². The summed E-state index contributed by atoms with van der Waals surface area (Å²) < 4.78 is 53.8. The first-order valence-corrected chi connectivity index (χ1v) is 7.22. The minimum Gasteiger partial charge on any atom is -0.406 e. The summed E-state index contributed by atoms with van der Waals surface area (Å²) in [5.74, 6) is -2.40. The number of hydrogen-bond donors (Lipinski definition) is 0. The molecule has 0 bridgehead atoms. The third-order valence-electron chi connectivity index (χ3n) is 3.73. The van der Waals surface area contributed by atoms with Gasteiger partial charge in [-0.1, -0.05) is 12.1 Å². The van der Waals surface area contributed by atoms with Crippen molar-refractivity contribution in [3.05, 3.63) is 59.9 Å². The third-order valence-corrected chi connectivity index (χ3v) is 3.73. The Morgan fingerprint density at radius 1 is 1.04 bits per heavy atom. The molecular weight excluding hydrogens is 342 g/mol. The van der Waals surface area contributed by atoms with Gasteiger partial charge in [0.15, 0.2) is 0 Å². The maximum absolute atomic E-state index is 13.4. The van der Waals surface area contributed by atoms with Crippen LogP contribution in [0.4, 0.5) is 23.2 Å². The van der Waals surface area contributed by atoms with Gasteiger partial charge >= 0.3 is 6.36 Å². The Hall–Kier alpha value is -2.90. The van der Waals surface area contributed by atoms with Gasteiger partial charge in [-0.15, -0.1) is 13.2 Å². The molecule has 25 heavy (non-hydrogen) atoms. The van der Waals surface area contributed by atoms with Crippen molar-refractivity contribution in [3.63, 3.8) is 0 Å². The molecule has 3 rings (SSSR count). The second-order valence-corrected chi connectivity index (χ2v) is 5.41. The lowest BCUT2D eigenvalue weighted by Gasteiger charge is -2.24. The van der Waals surface area contributed by atoms with E-state index in [4.69, 9.17) is 0 Å². The summed E-state index contributed by atoms with van der Waals surface area (Å²) in [6.45, 7) is 0. The van der Waals surface area contributed by atoms with Gasteiger partial charge in [-0.25, -0.2) is 4.39 Å². The van der Waals surface area contributed by atoms with Gasteiger partial charge < -0.3 is 4.74 Å². The second kappa shape index (κ2) is 6.19. The molecule has 0 radical (unpaired) electrons. The minimum absolute atomic E-state index is 0.136. The molecule has 1 saturated heterocycles. The van der Waals surface area contributed by atoms with Crippen LogP contribution in [0.25, 0.3) is 0 Å². The number of ether oxygens (including phenoxy) is 1. The first-order valence-electron chi connectivity index (χ1n) is 7.22. The molecule has 0 N–H and O–H groups in total. The maximum atomic E-state index is 13.4. The molecule has 4 nitrogen and oxygen atoms in total. The lowest BCUT2D eigenvalue weighted by atomic mass is 10.0. The van der Waals surface area contributed by atoms with Crippen LogP contribution in [0.15, 0.2) is 48.5 Å². The van der Waals surface area contributed by atoms with E-state index < -0.39 is 35.7 Å². The van der Waals surface area contributed by atoms with Crippen molar-refractivity contribution in [2.24, 2.45) is 0 Å². The summed E-state index contributed by atoms with van der Waals surface area (Å²) in [6.07, 6.45) is -4.96. The van der Waals surface area contributed by atoms with Crippen LogP contribution in [0.1, 0.15) is 18.0 Å². The fourth-order valence-corrected chi connectivity index (χ4v) is 2.72. The molecule has 1 aliphatic heterocycles. The van der Waals surface area contributed by atoms with Crippen LogP contribution in [0.2, 0.25) is 0 Å². The summed E-state index contributed by atoms with van der Waals surface area (Å²) in [5.41, 5.74) is 0.648. The van der Waals surface area contributed by atoms with Crippen LogP contribution >= 0.6 is 0 Å². The van der Waals surface area contributed by atoms with Crippen LogP contribution in [0.3, 0.4) is 0 Å². The van der Waals surface area contributed by atoms with E-state index in [1.54, 1.807) is 6.07 Å². The highest BCUT2D eigenvalue weighted by Crippen LogP contribution is 2.36. The number of nitrogens with zero attached hydrogens (tertiary/aromatic N) is 1. The zero-order chi connectivity index (χ0) is 18.2. The van der Waals surface area contributed by atoms with Crippen molar-refractivity contribution < 1.29 is 31.9 Å². The maximum Gasteiger partial charge on any atom is 0.573 e. The molecule has 0 aliphatic carbocycles. The molecule has 1 amide bonds. The number of benzene rings is 2. The number of ketones is 1. The quantitative estimate of drug-likeness (QED) is 0.623. The molecule has 130 valence electrons. The number of Topliss-reactive ketones (excluding diaryl/α,β-unsaturated/α-hetero) is 1. The molecule has 0 aromatic heterocycles. The smallest absolute Gasteiger partial charge is 0.406 e. The van der Waals surface area contributed by atoms with E-state index in [9.17, 15) is 27.2 Å². The van der Waals surface area contributed by atoms with E-state index in [2.05, 4.69) is 4.74 Å². The Kier molecular flexibility index (Phi) is 4.20. The third kappa shape index (κ3) is 3.62. The van der Waals surface area contributed by atoms with Crippen LogP contribution < -0.4 is 9.64 Å². The zero-order valence-electron chi connectivity index (χ0n) is 12.6. The number of rotatable bonds is 3. The van der Waals surface area contributed by atoms with Gasteiger partial charge in [0.1, 0.15) is 11.6 Å². The topological polar surface area (TPSA) is 46.6 Å². The summed E-state index contributed by atoms with van der Waals surface area (Å²) in [4.78, 5) is 25.1. The molecule has 1 fully saturated rings. The molecule has 1 aliphatic rings. The fourth-order valence-electron chi connectivity index (χ4n) is 2.72. The number of carbonyl (C=O) groups is 2. The Morgan fingerprint density at radius 2 is 1.72 bits per heavy atom. The van der Waals surface area contributed by atoms with E-state index in [-0.39, 0.29) is 12.1 Å². The molecule has 1 atom stereocenters. The monoisotopic (exact) mass is 353 g/mol. The van der Waals surface area contributed by atoms with Gasteiger partial charge in [0.25, 0.3) is 5.91 Å². The van der Waals surface area contributed by atoms with Crippen molar-refractivity contribution in [1.82, 2.24) is 0 Å². The SMILES string of the molecule is O=C1C[C@H](c2cccc(F)c2)N(c2ccc(OC(F)(F)F)cc2)C1=O. The van der Waals surface area contributed by atoms with Crippen molar-refractivity contribution in [1.29, 1.82) is 0 Å². The molecule has 0 unspecified atom stereocenters. The number of carbonyl (C=O) groups excluding carboxylic acids is 2. The van der Waals surface area contributed by atoms with E-state index in [1.807, 2.05) is 0 Å². The Bertz CT molecular complexity index is 817. The van der Waals surface area contributed by atoms with Crippen LogP contribution in [0, 0.1) is 5.82 Å². The Balaban J connectivity index is 1.92. The highest BCUT2D eigenvalue weighted by Gasteiger charge is 2.40. The Labute approximate surface area is 139 Å². The normalized spacial score (nSPS) is 17.9. The lowest BCUT2D eigenvalue weighted by Crippen LogP contribution is -2.29. The largest absolute Gasteiger partial charge is 0.573 e. The van der Waals surface area contributed by atoms with Crippen molar-refractivity contribution in [2.75, 3.05) is 4.90 Å². The summed E-state index contributed by atoms with van der Waals surface area (Å²) in [7, 11) is 0. The predicted octanol–water partition coefficient (Wildman–Crippen LogP) is 3.77. The number of hydrogen-bond acceptors (Lipinski definition) is 3. The second-order valence-electron chi connectivity index (χ2n) is 5.41. The zero-order valence-corrected chi connectivity index (χ0v) is 12.6. The van der Waals surface area contributed by atoms with Gasteiger partial charge in [0.2, 0.25) is 5.78 Å². The van der Waals surface area contributed by atoms with Crippen molar-refractivity contribution in [3.8, 4) is 5.75 Å². The molecule has 2 aromatic rings. The number of anilines is 1. The van der Waals surface area contributed by atoms with E-state index >= 15 is 0 Å². The first kappa shape index (κ1) is 16.9. The highest BCUT2D eigenvalue weighted by atomic mass is 19.4. The van der Waals surface area contributed by atoms with Gasteiger partial charge in [0, 0.05) is 12.1 Å². The summed E-state index contributed by atoms with van der Waals surface area (Å²) in [6, 6.07) is 9.33. The Morgan fingerprint density at radius 3 is 2.32 bits per heavy atom. The van der Waals surface area contributed by atoms with E-state index in [0.717, 1.165) is 17.0 Å². The standard InChI is InChI=1S/C17H11F4NO3/c18-11-3-1-2-10(8-11)14-9-15(23)16(24)22(14)12-4-6-13(7-5-12)25-17(19,20)21/h1-8,14H,9H2/t14-/m1/s1. The highest BCUT2D eigenvalue weighted by molar-refractivity contribution is 6.44. The van der Waals surface area contributed by atoms with Crippen molar-refractivity contribution >= 4 is 17.4 Å². The molecule has 8 heteroatoms. The minimum atomic E-state index is -4.83. The average molecular weight is 353 g/mol. The number of amides is 1. The van der Waals surface area contributed by atoms with Gasteiger partial charge in [-0.3, -0.25) is 14.5 Å². The number of alkyl halides is 3. The van der Waals surface area contributed by atoms with Gasteiger partial charge in [-0.05, 0) is 42.0 Å². The van der Waals surface area contributed by atoms with E-state index in [0.29, 0.717) is 5.56 Å². The molecule has 0 saturated carbocycles. The number of halogens is 4. The van der Waals surface area contributed by atoms with E-state index in [1.165, 1.54) is 30.3 Å². The van der Waals surface area contributed by atoms with Crippen LogP contribution in [-0.2, 0) is 9.59 Å². The average Bonchev–Trinajstić information content (AvgIpc) is 2.82. The summed E-state index contributed by atoms with van der Waals surface area (Å²) in [5, 5.41) is 0. The van der Waals surface area contributed by atoms with Crippen LogP contribution in [0.5, 0.6) is 5.75 Å². The molecule has 0 spiro atoms. The van der Waals surface area contributed by atoms with Gasteiger partial charge in [0.05, 0.1) is 6.04 Å². The van der Waals surface area contributed by atoms with Crippen molar-refractivity contribution in [2.45, 2.75) is 18.8 Å². The predicted molar refractivity (Wildman–Crippen MR) is 79.4 cm³/mol.